The molecular formula is C8H14BN. The minimum absolute atomic E-state index is 0.634. The van der Waals surface area contributed by atoms with Gasteiger partial charge >= 0.3 is 0 Å². The summed E-state index contributed by atoms with van der Waals surface area (Å²) >= 11 is 0. The molecule has 10 heavy (non-hydrogen) atoms. The molecule has 0 fully saturated rings. The molecule has 2 heteroatoms. The second kappa shape index (κ2) is 3.50. The average molecular weight is 135 g/mol. The molecule has 54 valence electrons. The SMILES string of the molecule is CCCB1C=CC=CN1C. The van der Waals surface area contributed by atoms with Gasteiger partial charge in [0.15, 0.2) is 0 Å². The Kier molecular flexibility index (Phi) is 2.61. The summed E-state index contributed by atoms with van der Waals surface area (Å²) < 4.78 is 0. The first-order valence-corrected chi connectivity index (χ1v) is 3.91. The highest BCUT2D eigenvalue weighted by Gasteiger charge is 2.13. The standard InChI is InChI=1S/C8H14BN/c1-3-6-9-7-4-5-8-10(9)2/h4-5,7-8H,3,6H2,1-2H3. The molecule has 0 aliphatic carbocycles. The Bertz CT molecular complexity index is 151. The summed E-state index contributed by atoms with van der Waals surface area (Å²) in [6.45, 7) is 2.86. The van der Waals surface area contributed by atoms with Crippen molar-refractivity contribution in [2.24, 2.45) is 0 Å². The number of rotatable bonds is 2. The third-order valence-corrected chi connectivity index (χ3v) is 1.87. The second-order valence-electron chi connectivity index (χ2n) is 2.75. The van der Waals surface area contributed by atoms with Crippen LogP contribution >= 0.6 is 0 Å². The Morgan fingerprint density at radius 3 is 2.80 bits per heavy atom. The Hall–Kier alpha value is -0.655. The molecule has 0 radical (unpaired) electrons. The van der Waals surface area contributed by atoms with Crippen LogP contribution in [0.3, 0.4) is 0 Å². The van der Waals surface area contributed by atoms with E-state index < -0.39 is 0 Å². The second-order valence-corrected chi connectivity index (χ2v) is 2.75. The molecule has 0 saturated carbocycles. The van der Waals surface area contributed by atoms with E-state index in [0.29, 0.717) is 6.85 Å². The quantitative estimate of drug-likeness (QED) is 0.523. The lowest BCUT2D eigenvalue weighted by molar-refractivity contribution is 0.702. The third-order valence-electron chi connectivity index (χ3n) is 1.87. The van der Waals surface area contributed by atoms with Crippen LogP contribution < -0.4 is 0 Å². The normalized spacial score (nSPS) is 16.6. The van der Waals surface area contributed by atoms with E-state index in [9.17, 15) is 0 Å². The van der Waals surface area contributed by atoms with Crippen molar-refractivity contribution in [2.75, 3.05) is 7.05 Å². The lowest BCUT2D eigenvalue weighted by Gasteiger charge is -2.22. The highest BCUT2D eigenvalue weighted by atomic mass is 15.0. The predicted octanol–water partition coefficient (Wildman–Crippen LogP) is 1.94. The summed E-state index contributed by atoms with van der Waals surface area (Å²) in [5, 5.41) is 0. The maximum absolute atomic E-state index is 2.25. The van der Waals surface area contributed by atoms with Gasteiger partial charge in [0, 0.05) is 0 Å². The Morgan fingerprint density at radius 2 is 2.20 bits per heavy atom. The minimum Gasteiger partial charge on any atom is -0.420 e. The fourth-order valence-electron chi connectivity index (χ4n) is 1.22. The van der Waals surface area contributed by atoms with E-state index in [1.165, 1.54) is 12.7 Å². The summed E-state index contributed by atoms with van der Waals surface area (Å²) in [4.78, 5) is 2.25. The highest BCUT2D eigenvalue weighted by molar-refractivity contribution is 6.61. The fraction of sp³-hybridized carbons (Fsp3) is 0.500. The lowest BCUT2D eigenvalue weighted by Crippen LogP contribution is -2.31. The molecule has 0 spiro atoms. The van der Waals surface area contributed by atoms with Crippen LogP contribution in [0.5, 0.6) is 0 Å². The van der Waals surface area contributed by atoms with Crippen LogP contribution in [0, 0.1) is 0 Å². The summed E-state index contributed by atoms with van der Waals surface area (Å²) in [5.41, 5.74) is 0. The molecule has 0 unspecified atom stereocenters. The van der Waals surface area contributed by atoms with Gasteiger partial charge in [-0.3, -0.25) is 0 Å². The summed E-state index contributed by atoms with van der Waals surface area (Å²) in [6.07, 6.45) is 8.84. The molecule has 0 N–H and O–H groups in total. The van der Waals surface area contributed by atoms with E-state index >= 15 is 0 Å². The molecular weight excluding hydrogens is 121 g/mol. The number of nitrogens with zero attached hydrogens (tertiary/aromatic N) is 1. The van der Waals surface area contributed by atoms with Gasteiger partial charge in [-0.15, -0.1) is 0 Å². The van der Waals surface area contributed by atoms with Crippen molar-refractivity contribution in [1.29, 1.82) is 0 Å². The summed E-state index contributed by atoms with van der Waals surface area (Å²) in [6, 6.07) is 0. The zero-order chi connectivity index (χ0) is 7.40. The van der Waals surface area contributed by atoms with Crippen molar-refractivity contribution in [3.63, 3.8) is 0 Å². The van der Waals surface area contributed by atoms with E-state index in [4.69, 9.17) is 0 Å². The van der Waals surface area contributed by atoms with Crippen molar-refractivity contribution in [1.82, 2.24) is 4.81 Å². The largest absolute Gasteiger partial charge is 0.420 e. The van der Waals surface area contributed by atoms with Crippen molar-refractivity contribution in [3.05, 3.63) is 24.3 Å². The van der Waals surface area contributed by atoms with Crippen LogP contribution in [0.1, 0.15) is 13.3 Å². The topological polar surface area (TPSA) is 3.24 Å². The maximum atomic E-state index is 2.25. The van der Waals surface area contributed by atoms with Crippen LogP contribution in [-0.2, 0) is 0 Å². The van der Waals surface area contributed by atoms with E-state index in [2.05, 4.69) is 43.1 Å². The van der Waals surface area contributed by atoms with Gasteiger partial charge < -0.3 is 4.81 Å². The molecule has 1 aliphatic heterocycles. The molecule has 1 rings (SSSR count). The molecule has 0 saturated heterocycles. The first-order valence-electron chi connectivity index (χ1n) is 3.91. The zero-order valence-electron chi connectivity index (χ0n) is 6.75. The van der Waals surface area contributed by atoms with Crippen LogP contribution in [0.2, 0.25) is 6.32 Å². The molecule has 1 nitrogen and oxygen atoms in total. The minimum atomic E-state index is 0.634. The monoisotopic (exact) mass is 135 g/mol. The number of hydrogen-bond donors (Lipinski definition) is 0. The van der Waals surface area contributed by atoms with Gasteiger partial charge in [0.05, 0.1) is 0 Å². The smallest absolute Gasteiger partial charge is 0.280 e. The van der Waals surface area contributed by atoms with Gasteiger partial charge in [-0.05, 0) is 25.6 Å². The molecule has 0 aromatic carbocycles. The molecule has 1 heterocycles. The van der Waals surface area contributed by atoms with E-state index in [1.54, 1.807) is 0 Å². The van der Waals surface area contributed by atoms with Crippen LogP contribution in [0.4, 0.5) is 0 Å². The predicted molar refractivity (Wildman–Crippen MR) is 46.9 cm³/mol. The molecule has 0 atom stereocenters. The van der Waals surface area contributed by atoms with Crippen LogP contribution in [0.15, 0.2) is 24.3 Å². The van der Waals surface area contributed by atoms with E-state index in [0.717, 1.165) is 0 Å². The van der Waals surface area contributed by atoms with Gasteiger partial charge in [0.2, 0.25) is 0 Å². The van der Waals surface area contributed by atoms with Gasteiger partial charge in [-0.25, -0.2) is 0 Å². The Morgan fingerprint density at radius 1 is 1.40 bits per heavy atom. The molecule has 1 aliphatic rings. The van der Waals surface area contributed by atoms with Crippen molar-refractivity contribution in [3.8, 4) is 0 Å². The van der Waals surface area contributed by atoms with Crippen molar-refractivity contribution < 1.29 is 0 Å². The van der Waals surface area contributed by atoms with E-state index in [1.807, 2.05) is 0 Å². The molecule has 0 amide bonds. The molecule has 0 aromatic rings. The zero-order valence-corrected chi connectivity index (χ0v) is 6.75. The van der Waals surface area contributed by atoms with Gasteiger partial charge in [0.25, 0.3) is 6.85 Å². The third kappa shape index (κ3) is 1.66. The van der Waals surface area contributed by atoms with Crippen LogP contribution in [0.25, 0.3) is 0 Å². The fourth-order valence-corrected chi connectivity index (χ4v) is 1.22. The average Bonchev–Trinajstić information content (AvgIpc) is 1.94. The summed E-state index contributed by atoms with van der Waals surface area (Å²) in [7, 11) is 2.13. The van der Waals surface area contributed by atoms with Crippen molar-refractivity contribution in [2.45, 2.75) is 19.7 Å². The van der Waals surface area contributed by atoms with Crippen molar-refractivity contribution >= 4 is 6.85 Å². The highest BCUT2D eigenvalue weighted by Crippen LogP contribution is 2.07. The Balaban J connectivity index is 2.44. The summed E-state index contributed by atoms with van der Waals surface area (Å²) in [5.74, 6) is 2.25. The van der Waals surface area contributed by atoms with E-state index in [-0.39, 0.29) is 0 Å². The number of allylic oxidation sites excluding steroid dienone is 2. The maximum Gasteiger partial charge on any atom is 0.280 e. The first-order chi connectivity index (χ1) is 4.84. The van der Waals surface area contributed by atoms with Gasteiger partial charge in [-0.1, -0.05) is 25.4 Å². The van der Waals surface area contributed by atoms with Crippen LogP contribution in [-0.4, -0.2) is 18.7 Å². The lowest BCUT2D eigenvalue weighted by atomic mass is 9.56. The Labute approximate surface area is 63.5 Å². The first kappa shape index (κ1) is 7.45. The van der Waals surface area contributed by atoms with Gasteiger partial charge in [-0.2, -0.15) is 0 Å². The number of hydrogen-bond acceptors (Lipinski definition) is 1. The molecule has 0 aromatic heterocycles. The van der Waals surface area contributed by atoms with Gasteiger partial charge in [0.1, 0.15) is 0 Å². The molecule has 0 bridgehead atoms.